The second-order valence-corrected chi connectivity index (χ2v) is 6.34. The smallest absolute Gasteiger partial charge is 0.478 e. The van der Waals surface area contributed by atoms with Gasteiger partial charge in [0.2, 0.25) is 0 Å². The number of benzene rings is 3. The summed E-state index contributed by atoms with van der Waals surface area (Å²) in [4.78, 5) is 11.4. The van der Waals surface area contributed by atoms with E-state index in [1.54, 1.807) is 0 Å². The zero-order chi connectivity index (χ0) is 16.3. The molecule has 3 rings (SSSR count). The first-order valence-electron chi connectivity index (χ1n) is 6.48. The maximum atomic E-state index is 11.4. The molecule has 0 fully saturated rings. The van der Waals surface area contributed by atoms with E-state index in [1.165, 1.54) is 0 Å². The average Bonchev–Trinajstić information content (AvgIpc) is 2.42. The molecule has 0 amide bonds. The summed E-state index contributed by atoms with van der Waals surface area (Å²) >= 11 is 0. The van der Waals surface area contributed by atoms with Crippen molar-refractivity contribution in [3.63, 3.8) is 0 Å². The first kappa shape index (κ1) is 16.0. The van der Waals surface area contributed by atoms with E-state index in [-0.39, 0.29) is 0 Å². The van der Waals surface area contributed by atoms with E-state index in [4.69, 9.17) is 0 Å². The Labute approximate surface area is 126 Å². The zero-order valence-corrected chi connectivity index (χ0v) is 12.7. The molecule has 0 aromatic heterocycles. The summed E-state index contributed by atoms with van der Waals surface area (Å²) in [7, 11) is -5.11. The predicted octanol–water partition coefficient (Wildman–Crippen LogP) is 5.15. The molecule has 0 bridgehead atoms. The summed E-state index contributed by atoms with van der Waals surface area (Å²) in [6, 6.07) is 17.2. The van der Waals surface area contributed by atoms with Gasteiger partial charge in [-0.25, -0.2) is 17.1 Å². The molecule has 0 heterocycles. The molecular formula is C16H13F3O2Si. The monoisotopic (exact) mass is 322 g/mol. The Morgan fingerprint density at radius 1 is 0.909 bits per heavy atom. The molecule has 0 aliphatic heterocycles. The fourth-order valence-electron chi connectivity index (χ4n) is 2.24. The number of aromatic carboxylic acids is 1. The number of carbonyl (C=O) groups is 1. The first-order valence-corrected chi connectivity index (χ1v) is 8.61. The number of rotatable bonds is 1. The summed E-state index contributed by atoms with van der Waals surface area (Å²) in [6.45, 7) is 0.326. The highest BCUT2D eigenvalue weighted by Crippen LogP contribution is 2.28. The van der Waals surface area contributed by atoms with E-state index in [1.807, 2.05) is 54.6 Å². The van der Waals surface area contributed by atoms with Crippen molar-refractivity contribution in [2.45, 2.75) is 6.55 Å². The van der Waals surface area contributed by atoms with Crippen molar-refractivity contribution in [3.05, 3.63) is 60.2 Å². The second kappa shape index (κ2) is 6.19. The molecule has 22 heavy (non-hydrogen) atoms. The van der Waals surface area contributed by atoms with E-state index >= 15 is 0 Å². The highest BCUT2D eigenvalue weighted by atomic mass is 28.5. The molecule has 3 aromatic rings. The topological polar surface area (TPSA) is 37.3 Å². The minimum absolute atomic E-state index is 0.326. The fourth-order valence-corrected chi connectivity index (χ4v) is 2.24. The van der Waals surface area contributed by atoms with Crippen molar-refractivity contribution >= 4 is 36.6 Å². The van der Waals surface area contributed by atoms with Gasteiger partial charge in [-0.3, -0.25) is 0 Å². The third-order valence-electron chi connectivity index (χ3n) is 2.99. The van der Waals surface area contributed by atoms with E-state index in [2.05, 4.69) is 0 Å². The van der Waals surface area contributed by atoms with Gasteiger partial charge in [0.25, 0.3) is 0 Å². The highest BCUT2D eigenvalue weighted by Gasteiger charge is 2.26. The first-order chi connectivity index (χ1) is 10.3. The lowest BCUT2D eigenvalue weighted by molar-refractivity contribution is 0.0701. The van der Waals surface area contributed by atoms with Crippen LogP contribution in [-0.2, 0) is 0 Å². The van der Waals surface area contributed by atoms with Crippen molar-refractivity contribution in [3.8, 4) is 0 Å². The lowest BCUT2D eigenvalue weighted by Gasteiger charge is -2.07. The van der Waals surface area contributed by atoms with Crippen LogP contribution >= 0.6 is 0 Å². The van der Waals surface area contributed by atoms with Crippen LogP contribution in [0.25, 0.3) is 21.5 Å². The van der Waals surface area contributed by atoms with Crippen LogP contribution < -0.4 is 0 Å². The van der Waals surface area contributed by atoms with E-state index in [0.717, 1.165) is 21.5 Å². The van der Waals surface area contributed by atoms with E-state index in [0.29, 0.717) is 12.1 Å². The molecule has 0 radical (unpaired) electrons. The fraction of sp³-hybridized carbons (Fsp3) is 0.0625. The van der Waals surface area contributed by atoms with Crippen molar-refractivity contribution in [1.82, 2.24) is 0 Å². The van der Waals surface area contributed by atoms with Gasteiger partial charge in [0.15, 0.2) is 0 Å². The minimum atomic E-state index is -5.11. The Morgan fingerprint density at radius 2 is 1.27 bits per heavy atom. The second-order valence-electron chi connectivity index (χ2n) is 4.78. The van der Waals surface area contributed by atoms with Crippen LogP contribution in [-0.4, -0.2) is 20.2 Å². The van der Waals surface area contributed by atoms with Crippen LogP contribution in [0.4, 0.5) is 12.3 Å². The van der Waals surface area contributed by atoms with Crippen LogP contribution in [0.1, 0.15) is 10.4 Å². The van der Waals surface area contributed by atoms with E-state index < -0.39 is 15.0 Å². The summed E-state index contributed by atoms with van der Waals surface area (Å²) in [5.74, 6) is -0.877. The number of carboxylic acids is 1. The number of halogens is 3. The van der Waals surface area contributed by atoms with Gasteiger partial charge in [0.1, 0.15) is 0 Å². The molecule has 0 aliphatic rings. The van der Waals surface area contributed by atoms with Gasteiger partial charge < -0.3 is 5.11 Å². The van der Waals surface area contributed by atoms with Crippen LogP contribution in [0.2, 0.25) is 6.55 Å². The molecule has 0 atom stereocenters. The van der Waals surface area contributed by atoms with Gasteiger partial charge in [0.05, 0.1) is 5.56 Å². The van der Waals surface area contributed by atoms with E-state index in [9.17, 15) is 22.2 Å². The minimum Gasteiger partial charge on any atom is -0.478 e. The van der Waals surface area contributed by atoms with Crippen molar-refractivity contribution in [2.75, 3.05) is 0 Å². The van der Waals surface area contributed by atoms with Gasteiger partial charge in [-0.2, -0.15) is 0 Å². The molecule has 0 aliphatic carbocycles. The Kier molecular flexibility index (Phi) is 4.51. The van der Waals surface area contributed by atoms with Gasteiger partial charge >= 0.3 is 15.0 Å². The predicted molar refractivity (Wildman–Crippen MR) is 83.4 cm³/mol. The molecular weight excluding hydrogens is 309 g/mol. The van der Waals surface area contributed by atoms with Crippen LogP contribution in [0, 0.1) is 0 Å². The SMILES string of the molecule is C[Si](F)(F)F.O=C(O)c1c2ccccc2cc2ccccc12. The van der Waals surface area contributed by atoms with Crippen LogP contribution in [0.15, 0.2) is 54.6 Å². The molecule has 1 N–H and O–H groups in total. The Balaban J connectivity index is 0.000000309. The molecule has 2 nitrogen and oxygen atoms in total. The van der Waals surface area contributed by atoms with Gasteiger partial charge in [-0.1, -0.05) is 48.5 Å². The molecule has 0 saturated carbocycles. The van der Waals surface area contributed by atoms with Crippen LogP contribution in [0.5, 0.6) is 0 Å². The summed E-state index contributed by atoms with van der Waals surface area (Å²) in [5, 5.41) is 12.9. The van der Waals surface area contributed by atoms with Crippen molar-refractivity contribution in [1.29, 1.82) is 0 Å². The van der Waals surface area contributed by atoms with Crippen LogP contribution in [0.3, 0.4) is 0 Å². The quantitative estimate of drug-likeness (QED) is 0.382. The number of hydrogen-bond acceptors (Lipinski definition) is 1. The standard InChI is InChI=1S/C15H10O2.CH3F3Si/c16-15(17)14-12-7-3-1-5-10(12)9-11-6-2-4-8-13(11)14;1-5(2,3)4/h1-9H,(H,16,17);1H3. The molecule has 0 unspecified atom stereocenters. The molecule has 0 spiro atoms. The summed E-state index contributed by atoms with van der Waals surface area (Å²) < 4.78 is 31.5. The van der Waals surface area contributed by atoms with Crippen molar-refractivity contribution in [2.24, 2.45) is 0 Å². The number of fused-ring (bicyclic) bond motifs is 2. The van der Waals surface area contributed by atoms with Gasteiger partial charge in [-0.05, 0) is 27.6 Å². The maximum Gasteiger partial charge on any atom is 0.612 e. The lowest BCUT2D eigenvalue weighted by Crippen LogP contribution is -2.04. The number of hydrogen-bond donors (Lipinski definition) is 1. The third-order valence-corrected chi connectivity index (χ3v) is 2.99. The Bertz CT molecular complexity index is 768. The molecule has 3 aromatic carbocycles. The third kappa shape index (κ3) is 3.85. The maximum absolute atomic E-state index is 11.4. The normalized spacial score (nSPS) is 11.1. The highest BCUT2D eigenvalue weighted by molar-refractivity contribution is 6.56. The Hall–Kier alpha value is -2.34. The average molecular weight is 322 g/mol. The molecule has 6 heteroatoms. The molecule has 114 valence electrons. The largest absolute Gasteiger partial charge is 0.612 e. The molecule has 0 saturated heterocycles. The summed E-state index contributed by atoms with van der Waals surface area (Å²) in [5.41, 5.74) is 0.388. The zero-order valence-electron chi connectivity index (χ0n) is 11.7. The summed E-state index contributed by atoms with van der Waals surface area (Å²) in [6.07, 6.45) is 0. The number of carboxylic acid groups (broad SMARTS) is 1. The Morgan fingerprint density at radius 3 is 1.64 bits per heavy atom. The van der Waals surface area contributed by atoms with Gasteiger partial charge in [0, 0.05) is 6.55 Å². The van der Waals surface area contributed by atoms with Gasteiger partial charge in [-0.15, -0.1) is 0 Å². The van der Waals surface area contributed by atoms with Crippen molar-refractivity contribution < 1.29 is 22.2 Å². The lowest BCUT2D eigenvalue weighted by atomic mass is 9.97.